The number of methoxy groups -OCH3 is 1. The molecule has 0 amide bonds. The summed E-state index contributed by atoms with van der Waals surface area (Å²) in [7, 11) is 1.72. The van der Waals surface area contributed by atoms with Crippen molar-refractivity contribution in [3.05, 3.63) is 12.2 Å². The van der Waals surface area contributed by atoms with Crippen molar-refractivity contribution in [2.75, 3.05) is 13.7 Å². The van der Waals surface area contributed by atoms with Crippen LogP contribution < -0.4 is 5.73 Å². The lowest BCUT2D eigenvalue weighted by Gasteiger charge is -2.17. The largest absolute Gasteiger partial charge is 0.384 e. The van der Waals surface area contributed by atoms with Crippen molar-refractivity contribution in [2.24, 2.45) is 17.6 Å². The first-order valence-corrected chi connectivity index (χ1v) is 6.64. The minimum atomic E-state index is 0.116. The molecule has 1 aromatic heterocycles. The van der Waals surface area contributed by atoms with E-state index in [-0.39, 0.29) is 6.04 Å². The van der Waals surface area contributed by atoms with Crippen LogP contribution in [0.3, 0.4) is 0 Å². The van der Waals surface area contributed by atoms with Gasteiger partial charge in [0, 0.05) is 32.7 Å². The summed E-state index contributed by atoms with van der Waals surface area (Å²) in [4.78, 5) is 4.30. The molecule has 5 heteroatoms. The van der Waals surface area contributed by atoms with Crippen LogP contribution in [0.1, 0.15) is 33.0 Å². The maximum Gasteiger partial charge on any atom is 0.138 e. The summed E-state index contributed by atoms with van der Waals surface area (Å²) < 4.78 is 7.09. The summed E-state index contributed by atoms with van der Waals surface area (Å²) >= 11 is 0. The average molecular weight is 254 g/mol. The summed E-state index contributed by atoms with van der Waals surface area (Å²) in [6.07, 6.45) is 3.34. The molecule has 2 unspecified atom stereocenters. The maximum atomic E-state index is 6.16. The number of aromatic nitrogens is 3. The van der Waals surface area contributed by atoms with Crippen molar-refractivity contribution in [3.8, 4) is 0 Å². The zero-order valence-electron chi connectivity index (χ0n) is 12.0. The first-order chi connectivity index (χ1) is 8.52. The number of nitrogens with two attached hydrogens (primary N) is 1. The molecule has 0 saturated heterocycles. The number of hydrogen-bond acceptors (Lipinski definition) is 4. The highest BCUT2D eigenvalue weighted by Crippen LogP contribution is 2.10. The molecule has 104 valence electrons. The van der Waals surface area contributed by atoms with Crippen LogP contribution in [-0.4, -0.2) is 34.5 Å². The van der Waals surface area contributed by atoms with Gasteiger partial charge in [-0.15, -0.1) is 0 Å². The molecule has 0 bridgehead atoms. The van der Waals surface area contributed by atoms with Crippen molar-refractivity contribution in [2.45, 2.75) is 46.2 Å². The summed E-state index contributed by atoms with van der Waals surface area (Å²) in [6, 6.07) is 0.116. The lowest BCUT2D eigenvalue weighted by Crippen LogP contribution is -2.28. The van der Waals surface area contributed by atoms with E-state index in [1.165, 1.54) is 0 Å². The second kappa shape index (κ2) is 7.48. The second-order valence-corrected chi connectivity index (χ2v) is 5.51. The highest BCUT2D eigenvalue weighted by Gasteiger charge is 2.14. The summed E-state index contributed by atoms with van der Waals surface area (Å²) in [5.74, 6) is 2.03. The Bertz CT molecular complexity index is 337. The minimum Gasteiger partial charge on any atom is -0.384 e. The minimum absolute atomic E-state index is 0.116. The van der Waals surface area contributed by atoms with Crippen LogP contribution in [-0.2, 0) is 17.7 Å². The van der Waals surface area contributed by atoms with Crippen LogP contribution >= 0.6 is 0 Å². The molecule has 1 heterocycles. The van der Waals surface area contributed by atoms with Crippen molar-refractivity contribution in [1.29, 1.82) is 0 Å². The molecule has 2 N–H and O–H groups in total. The molecule has 0 aromatic carbocycles. The molecule has 0 aliphatic rings. The molecule has 0 fully saturated rings. The van der Waals surface area contributed by atoms with Crippen LogP contribution in [0, 0.1) is 11.8 Å². The van der Waals surface area contributed by atoms with Crippen LogP contribution in [0.4, 0.5) is 0 Å². The van der Waals surface area contributed by atoms with Crippen molar-refractivity contribution in [1.82, 2.24) is 14.8 Å². The van der Waals surface area contributed by atoms with Crippen LogP contribution in [0.5, 0.6) is 0 Å². The summed E-state index contributed by atoms with van der Waals surface area (Å²) in [6.45, 7) is 8.16. The fourth-order valence-electron chi connectivity index (χ4n) is 2.13. The van der Waals surface area contributed by atoms with E-state index in [1.807, 2.05) is 4.68 Å². The Balaban J connectivity index is 2.48. The van der Waals surface area contributed by atoms with E-state index in [9.17, 15) is 0 Å². The third-order valence-corrected chi connectivity index (χ3v) is 2.83. The fraction of sp³-hybridized carbons (Fsp3) is 0.846. The molecule has 1 rings (SSSR count). The van der Waals surface area contributed by atoms with Gasteiger partial charge < -0.3 is 10.5 Å². The molecule has 0 spiro atoms. The normalized spacial score (nSPS) is 15.0. The van der Waals surface area contributed by atoms with E-state index in [1.54, 1.807) is 13.4 Å². The smallest absolute Gasteiger partial charge is 0.138 e. The van der Waals surface area contributed by atoms with E-state index in [2.05, 4.69) is 30.9 Å². The number of hydrogen-bond donors (Lipinski definition) is 1. The third-order valence-electron chi connectivity index (χ3n) is 2.83. The maximum absolute atomic E-state index is 6.16. The van der Waals surface area contributed by atoms with Gasteiger partial charge in [-0.2, -0.15) is 5.10 Å². The van der Waals surface area contributed by atoms with E-state index < -0.39 is 0 Å². The predicted molar refractivity (Wildman–Crippen MR) is 72.2 cm³/mol. The van der Waals surface area contributed by atoms with Crippen LogP contribution in [0.15, 0.2) is 6.33 Å². The summed E-state index contributed by atoms with van der Waals surface area (Å²) in [5, 5.41) is 4.25. The highest BCUT2D eigenvalue weighted by molar-refractivity contribution is 4.89. The number of rotatable bonds is 8. The Hall–Kier alpha value is -0.940. The lowest BCUT2D eigenvalue weighted by atomic mass is 10.0. The quantitative estimate of drug-likeness (QED) is 0.763. The molecule has 0 radical (unpaired) electrons. The van der Waals surface area contributed by atoms with Gasteiger partial charge in [-0.25, -0.2) is 9.67 Å². The molecular formula is C13H26N4O. The Morgan fingerprint density at radius 1 is 1.39 bits per heavy atom. The molecule has 0 aliphatic heterocycles. The van der Waals surface area contributed by atoms with Crippen LogP contribution in [0.2, 0.25) is 0 Å². The molecule has 18 heavy (non-hydrogen) atoms. The molecule has 2 atom stereocenters. The van der Waals surface area contributed by atoms with Gasteiger partial charge in [0.05, 0.1) is 0 Å². The van der Waals surface area contributed by atoms with Gasteiger partial charge in [-0.1, -0.05) is 20.8 Å². The first-order valence-electron chi connectivity index (χ1n) is 6.64. The third kappa shape index (κ3) is 5.14. The van der Waals surface area contributed by atoms with E-state index in [0.717, 1.165) is 31.8 Å². The van der Waals surface area contributed by atoms with Gasteiger partial charge in [-0.3, -0.25) is 0 Å². The average Bonchev–Trinajstić information content (AvgIpc) is 2.64. The monoisotopic (exact) mass is 254 g/mol. The number of nitrogens with zero attached hydrogens (tertiary/aromatic N) is 3. The molecule has 0 saturated carbocycles. The van der Waals surface area contributed by atoms with Crippen molar-refractivity contribution < 1.29 is 4.74 Å². The van der Waals surface area contributed by atoms with Gasteiger partial charge in [0.15, 0.2) is 0 Å². The Kier molecular flexibility index (Phi) is 6.29. The molecule has 0 aliphatic carbocycles. The van der Waals surface area contributed by atoms with Crippen molar-refractivity contribution in [3.63, 3.8) is 0 Å². The molecule has 5 nitrogen and oxygen atoms in total. The second-order valence-electron chi connectivity index (χ2n) is 5.51. The lowest BCUT2D eigenvalue weighted by molar-refractivity contribution is 0.151. The molecule has 1 aromatic rings. The summed E-state index contributed by atoms with van der Waals surface area (Å²) in [5.41, 5.74) is 6.16. The van der Waals surface area contributed by atoms with Gasteiger partial charge in [-0.05, 0) is 18.3 Å². The topological polar surface area (TPSA) is 66.0 Å². The van der Waals surface area contributed by atoms with E-state index >= 15 is 0 Å². The van der Waals surface area contributed by atoms with Gasteiger partial charge >= 0.3 is 0 Å². The fourth-order valence-corrected chi connectivity index (χ4v) is 2.13. The van der Waals surface area contributed by atoms with Crippen molar-refractivity contribution >= 4 is 0 Å². The SMILES string of the molecule is COCC(C)CC(N)Cc1ncnn1CC(C)C. The van der Waals surface area contributed by atoms with Crippen LogP contribution in [0.25, 0.3) is 0 Å². The Morgan fingerprint density at radius 3 is 2.72 bits per heavy atom. The Labute approximate surface area is 110 Å². The Morgan fingerprint density at radius 2 is 2.11 bits per heavy atom. The predicted octanol–water partition coefficient (Wildman–Crippen LogP) is 1.48. The first kappa shape index (κ1) is 15.1. The van der Waals surface area contributed by atoms with E-state index in [4.69, 9.17) is 10.5 Å². The zero-order valence-corrected chi connectivity index (χ0v) is 12.0. The number of ether oxygens (including phenoxy) is 1. The molecular weight excluding hydrogens is 228 g/mol. The highest BCUT2D eigenvalue weighted by atomic mass is 16.5. The van der Waals surface area contributed by atoms with Gasteiger partial charge in [0.25, 0.3) is 0 Å². The van der Waals surface area contributed by atoms with Gasteiger partial charge in [0.2, 0.25) is 0 Å². The standard InChI is InChI=1S/C13H26N4O/c1-10(2)7-17-13(15-9-16-17)6-12(14)5-11(3)8-18-4/h9-12H,5-8,14H2,1-4H3. The van der Waals surface area contributed by atoms with Gasteiger partial charge in [0.1, 0.15) is 12.2 Å². The van der Waals surface area contributed by atoms with E-state index in [0.29, 0.717) is 11.8 Å². The zero-order chi connectivity index (χ0) is 13.5.